The lowest BCUT2D eigenvalue weighted by atomic mass is 9.95. The second-order valence-electron chi connectivity index (χ2n) is 8.19. The van der Waals surface area contributed by atoms with Crippen LogP contribution in [0.4, 0.5) is 4.39 Å². The SMILES string of the molecule is O=C(NCC(c1ccc(F)cc1)N1CCCC1)C1CCN(Cc2ccco2)CC1. The Labute approximate surface area is 171 Å². The van der Waals surface area contributed by atoms with Gasteiger partial charge in [0.05, 0.1) is 18.8 Å². The van der Waals surface area contributed by atoms with Gasteiger partial charge >= 0.3 is 0 Å². The van der Waals surface area contributed by atoms with Crippen molar-refractivity contribution in [3.63, 3.8) is 0 Å². The van der Waals surface area contributed by atoms with Crippen LogP contribution in [-0.2, 0) is 11.3 Å². The topological polar surface area (TPSA) is 48.7 Å². The summed E-state index contributed by atoms with van der Waals surface area (Å²) in [6.45, 7) is 5.27. The highest BCUT2D eigenvalue weighted by Gasteiger charge is 2.28. The van der Waals surface area contributed by atoms with Crippen molar-refractivity contribution < 1.29 is 13.6 Å². The number of hydrogen-bond acceptors (Lipinski definition) is 4. The zero-order valence-corrected chi connectivity index (χ0v) is 16.9. The molecular weight excluding hydrogens is 369 g/mol. The van der Waals surface area contributed by atoms with Gasteiger partial charge in [-0.05, 0) is 81.7 Å². The van der Waals surface area contributed by atoms with E-state index in [0.717, 1.165) is 56.9 Å². The quantitative estimate of drug-likeness (QED) is 0.773. The number of hydrogen-bond donors (Lipinski definition) is 1. The molecule has 3 heterocycles. The summed E-state index contributed by atoms with van der Waals surface area (Å²) in [6, 6.07) is 10.7. The first-order valence-corrected chi connectivity index (χ1v) is 10.7. The molecule has 1 atom stereocenters. The molecule has 156 valence electrons. The molecule has 1 aromatic carbocycles. The van der Waals surface area contributed by atoms with Gasteiger partial charge in [0, 0.05) is 12.5 Å². The third-order valence-electron chi connectivity index (χ3n) is 6.22. The van der Waals surface area contributed by atoms with E-state index in [1.807, 2.05) is 24.3 Å². The number of piperidine rings is 1. The van der Waals surface area contributed by atoms with E-state index in [1.165, 1.54) is 25.0 Å². The lowest BCUT2D eigenvalue weighted by molar-refractivity contribution is -0.126. The average molecular weight is 400 g/mol. The van der Waals surface area contributed by atoms with Gasteiger partial charge in [-0.25, -0.2) is 4.39 Å². The molecule has 1 N–H and O–H groups in total. The van der Waals surface area contributed by atoms with Crippen LogP contribution in [0, 0.1) is 11.7 Å². The van der Waals surface area contributed by atoms with E-state index < -0.39 is 0 Å². The highest BCUT2D eigenvalue weighted by Crippen LogP contribution is 2.25. The van der Waals surface area contributed by atoms with E-state index in [4.69, 9.17) is 4.42 Å². The molecule has 2 aliphatic rings. The fourth-order valence-corrected chi connectivity index (χ4v) is 4.51. The lowest BCUT2D eigenvalue weighted by Gasteiger charge is -2.32. The molecular formula is C23H30FN3O2. The van der Waals surface area contributed by atoms with Crippen LogP contribution < -0.4 is 5.32 Å². The summed E-state index contributed by atoms with van der Waals surface area (Å²) in [5, 5.41) is 3.19. The van der Waals surface area contributed by atoms with Gasteiger partial charge in [-0.2, -0.15) is 0 Å². The Hall–Kier alpha value is -2.18. The Morgan fingerprint density at radius 2 is 1.83 bits per heavy atom. The summed E-state index contributed by atoms with van der Waals surface area (Å²) in [4.78, 5) is 17.5. The maximum Gasteiger partial charge on any atom is 0.223 e. The molecule has 1 amide bonds. The maximum atomic E-state index is 13.3. The highest BCUT2D eigenvalue weighted by atomic mass is 19.1. The molecule has 2 fully saturated rings. The van der Waals surface area contributed by atoms with E-state index in [0.29, 0.717) is 6.54 Å². The minimum Gasteiger partial charge on any atom is -0.468 e. The Kier molecular flexibility index (Phi) is 6.62. The number of nitrogens with zero attached hydrogens (tertiary/aromatic N) is 2. The monoisotopic (exact) mass is 399 g/mol. The molecule has 2 aliphatic heterocycles. The molecule has 0 aliphatic carbocycles. The summed E-state index contributed by atoms with van der Waals surface area (Å²) in [7, 11) is 0. The molecule has 29 heavy (non-hydrogen) atoms. The number of carbonyl (C=O) groups excluding carboxylic acids is 1. The number of likely N-dealkylation sites (tertiary alicyclic amines) is 2. The predicted octanol–water partition coefficient (Wildman–Crippen LogP) is 3.58. The van der Waals surface area contributed by atoms with Gasteiger partial charge in [-0.15, -0.1) is 0 Å². The Bertz CT molecular complexity index is 764. The molecule has 6 heteroatoms. The summed E-state index contributed by atoms with van der Waals surface area (Å²) in [5.41, 5.74) is 1.07. The number of benzene rings is 1. The molecule has 0 bridgehead atoms. The van der Waals surface area contributed by atoms with Crippen molar-refractivity contribution in [1.82, 2.24) is 15.1 Å². The fourth-order valence-electron chi connectivity index (χ4n) is 4.51. The van der Waals surface area contributed by atoms with Gasteiger partial charge in [0.15, 0.2) is 0 Å². The van der Waals surface area contributed by atoms with Gasteiger partial charge in [-0.3, -0.25) is 14.6 Å². The standard InChI is InChI=1S/C23H30FN3O2/c24-20-7-5-18(6-8-20)22(27-11-1-2-12-27)16-25-23(28)19-9-13-26(14-10-19)17-21-4-3-15-29-21/h3-8,15,19,22H,1-2,9-14,16-17H2,(H,25,28). The molecule has 0 spiro atoms. The van der Waals surface area contributed by atoms with Crippen molar-refractivity contribution in [3.05, 3.63) is 59.8 Å². The minimum absolute atomic E-state index is 0.0651. The molecule has 0 saturated carbocycles. The first-order valence-electron chi connectivity index (χ1n) is 10.7. The van der Waals surface area contributed by atoms with Gasteiger partial charge < -0.3 is 9.73 Å². The predicted molar refractivity (Wildman–Crippen MR) is 110 cm³/mol. The third-order valence-corrected chi connectivity index (χ3v) is 6.22. The van der Waals surface area contributed by atoms with Gasteiger partial charge in [0.2, 0.25) is 5.91 Å². The van der Waals surface area contributed by atoms with Gasteiger partial charge in [-0.1, -0.05) is 12.1 Å². The first kappa shape index (κ1) is 20.1. The third kappa shape index (κ3) is 5.25. The molecule has 0 radical (unpaired) electrons. The summed E-state index contributed by atoms with van der Waals surface area (Å²) in [5.74, 6) is 0.962. The first-order chi connectivity index (χ1) is 14.2. The normalized spacial score (nSPS) is 20.0. The average Bonchev–Trinajstić information content (AvgIpc) is 3.44. The van der Waals surface area contributed by atoms with E-state index in [1.54, 1.807) is 6.26 Å². The fraction of sp³-hybridized carbons (Fsp3) is 0.522. The minimum atomic E-state index is -0.223. The van der Waals surface area contributed by atoms with E-state index in [-0.39, 0.29) is 23.7 Å². The van der Waals surface area contributed by atoms with Crippen LogP contribution >= 0.6 is 0 Å². The molecule has 1 unspecified atom stereocenters. The maximum absolute atomic E-state index is 13.3. The van der Waals surface area contributed by atoms with Crippen molar-refractivity contribution in [2.75, 3.05) is 32.7 Å². The number of carbonyl (C=O) groups is 1. The molecule has 2 aromatic rings. The second-order valence-corrected chi connectivity index (χ2v) is 8.19. The zero-order valence-electron chi connectivity index (χ0n) is 16.9. The number of furan rings is 1. The molecule has 4 rings (SSSR count). The van der Waals surface area contributed by atoms with Crippen molar-refractivity contribution >= 4 is 5.91 Å². The number of amides is 1. The largest absolute Gasteiger partial charge is 0.468 e. The summed E-state index contributed by atoms with van der Waals surface area (Å²) >= 11 is 0. The van der Waals surface area contributed by atoms with Crippen LogP contribution in [0.2, 0.25) is 0 Å². The Morgan fingerprint density at radius 3 is 2.48 bits per heavy atom. The zero-order chi connectivity index (χ0) is 20.1. The smallest absolute Gasteiger partial charge is 0.223 e. The number of nitrogens with one attached hydrogen (secondary N) is 1. The van der Waals surface area contributed by atoms with Crippen molar-refractivity contribution in [1.29, 1.82) is 0 Å². The van der Waals surface area contributed by atoms with Crippen molar-refractivity contribution in [2.45, 2.75) is 38.3 Å². The summed E-state index contributed by atoms with van der Waals surface area (Å²) in [6.07, 6.45) is 5.81. The lowest BCUT2D eigenvalue weighted by Crippen LogP contribution is -2.43. The van der Waals surface area contributed by atoms with E-state index in [2.05, 4.69) is 15.1 Å². The second kappa shape index (κ2) is 9.55. The summed E-state index contributed by atoms with van der Waals surface area (Å²) < 4.78 is 18.8. The Morgan fingerprint density at radius 1 is 1.10 bits per heavy atom. The van der Waals surface area contributed by atoms with Crippen molar-refractivity contribution in [3.8, 4) is 0 Å². The van der Waals surface area contributed by atoms with Crippen LogP contribution in [0.1, 0.15) is 43.0 Å². The van der Waals surface area contributed by atoms with E-state index in [9.17, 15) is 9.18 Å². The van der Waals surface area contributed by atoms with Gasteiger partial charge in [0.25, 0.3) is 0 Å². The van der Waals surface area contributed by atoms with Crippen molar-refractivity contribution in [2.24, 2.45) is 5.92 Å². The van der Waals surface area contributed by atoms with Crippen LogP contribution in [0.15, 0.2) is 47.1 Å². The van der Waals surface area contributed by atoms with Crippen LogP contribution in [-0.4, -0.2) is 48.4 Å². The highest BCUT2D eigenvalue weighted by molar-refractivity contribution is 5.78. The molecule has 1 aromatic heterocycles. The molecule has 5 nitrogen and oxygen atoms in total. The molecule has 2 saturated heterocycles. The van der Waals surface area contributed by atoms with Crippen LogP contribution in [0.25, 0.3) is 0 Å². The van der Waals surface area contributed by atoms with Crippen LogP contribution in [0.3, 0.4) is 0 Å². The van der Waals surface area contributed by atoms with Gasteiger partial charge in [0.1, 0.15) is 11.6 Å². The van der Waals surface area contributed by atoms with E-state index >= 15 is 0 Å². The number of rotatable bonds is 7. The Balaban J connectivity index is 1.29. The number of halogens is 1. The van der Waals surface area contributed by atoms with Crippen LogP contribution in [0.5, 0.6) is 0 Å².